The van der Waals surface area contributed by atoms with Crippen LogP contribution in [0.3, 0.4) is 0 Å². The van der Waals surface area contributed by atoms with E-state index < -0.39 is 97.2 Å². The Balaban J connectivity index is 1.45. The predicted octanol–water partition coefficient (Wildman–Crippen LogP) is 0.122. The number of phenolic OH excluding ortho intramolecular Hbond substituents is 1. The van der Waals surface area contributed by atoms with Crippen LogP contribution in [-0.4, -0.2) is 112 Å². The highest BCUT2D eigenvalue weighted by Crippen LogP contribution is 2.26. The first-order valence-electron chi connectivity index (χ1n) is 19.3. The van der Waals surface area contributed by atoms with Crippen LogP contribution in [0.25, 0.3) is 10.9 Å². The number of benzene rings is 2. The number of aromatic amines is 1. The van der Waals surface area contributed by atoms with Gasteiger partial charge in [0.25, 0.3) is 0 Å². The first-order chi connectivity index (χ1) is 27.6. The van der Waals surface area contributed by atoms with Gasteiger partial charge in [-0.1, -0.05) is 49.8 Å². The number of hydrogen-bond donors (Lipinski definition) is 9. The van der Waals surface area contributed by atoms with E-state index in [1.807, 2.05) is 44.2 Å². The highest BCUT2D eigenvalue weighted by molar-refractivity contribution is 5.97. The summed E-state index contributed by atoms with van der Waals surface area (Å²) in [4.78, 5) is 99.0. The van der Waals surface area contributed by atoms with Crippen molar-refractivity contribution in [3.05, 3.63) is 77.0 Å². The molecule has 5 rings (SSSR count). The second-order valence-corrected chi connectivity index (χ2v) is 15.2. The predicted molar refractivity (Wildman–Crippen MR) is 213 cm³/mol. The second-order valence-electron chi connectivity index (χ2n) is 15.2. The van der Waals surface area contributed by atoms with Crippen LogP contribution in [-0.2, 0) is 46.4 Å². The molecule has 7 amide bonds. The molecule has 58 heavy (non-hydrogen) atoms. The Morgan fingerprint density at radius 1 is 0.810 bits per heavy atom. The molecule has 2 aromatic carbocycles. The van der Waals surface area contributed by atoms with E-state index in [2.05, 4.69) is 36.9 Å². The summed E-state index contributed by atoms with van der Waals surface area (Å²) in [6, 6.07) is 6.67. The van der Waals surface area contributed by atoms with Crippen molar-refractivity contribution < 1.29 is 43.8 Å². The second kappa shape index (κ2) is 19.3. The zero-order chi connectivity index (χ0) is 42.1. The number of aliphatic hydroxyl groups excluding tert-OH is 1. The summed E-state index contributed by atoms with van der Waals surface area (Å²) in [5.41, 5.74) is 3.11. The van der Waals surface area contributed by atoms with Gasteiger partial charge in [0, 0.05) is 30.1 Å². The lowest BCUT2D eigenvalue weighted by atomic mass is 9.97. The number of hydrogen-bond acceptors (Lipinski definition) is 9. The molecule has 310 valence electrons. The number of amides is 7. The van der Waals surface area contributed by atoms with E-state index in [1.54, 1.807) is 20.0 Å². The summed E-state index contributed by atoms with van der Waals surface area (Å²) in [5.74, 6) is -5.63. The molecule has 0 unspecified atom stereocenters. The zero-order valence-electron chi connectivity index (χ0n) is 33.0. The van der Waals surface area contributed by atoms with Gasteiger partial charge in [0.15, 0.2) is 0 Å². The Morgan fingerprint density at radius 3 is 2.17 bits per heavy atom. The van der Waals surface area contributed by atoms with Crippen molar-refractivity contribution in [2.75, 3.05) is 26.2 Å². The maximum Gasteiger partial charge on any atom is 0.246 e. The van der Waals surface area contributed by atoms with Crippen LogP contribution in [0.1, 0.15) is 63.3 Å². The van der Waals surface area contributed by atoms with Crippen molar-refractivity contribution in [1.82, 2.24) is 41.8 Å². The minimum atomic E-state index is -1.70. The number of aliphatic hydroxyl groups is 1. The molecule has 2 fully saturated rings. The number of phenols is 1. The monoisotopic (exact) mass is 800 g/mol. The van der Waals surface area contributed by atoms with Crippen LogP contribution in [0.2, 0.25) is 0 Å². The Bertz CT molecular complexity index is 2070. The lowest BCUT2D eigenvalue weighted by molar-refractivity contribution is -0.140. The summed E-state index contributed by atoms with van der Waals surface area (Å²) in [5, 5.41) is 38.1. The maximum atomic E-state index is 13.8. The highest BCUT2D eigenvalue weighted by Gasteiger charge is 2.37. The van der Waals surface area contributed by atoms with Gasteiger partial charge in [0.1, 0.15) is 36.0 Å². The van der Waals surface area contributed by atoms with Crippen LogP contribution in [0.5, 0.6) is 5.75 Å². The SMILES string of the molecule is CC(C)=CCc1cc([C@@H](O)[C@H]2NC(=O)CNC(=O)[C@@H](Cc3c[nH]c4ccccc34)NC(=O)[C@H]3CCCN3C(=O)CNC(=O)[C@H](C(C)C)NC(=O)CNC2=O)ccc1O. The number of aromatic nitrogens is 1. The van der Waals surface area contributed by atoms with E-state index in [4.69, 9.17) is 0 Å². The number of rotatable bonds is 7. The lowest BCUT2D eigenvalue weighted by Gasteiger charge is -2.27. The summed E-state index contributed by atoms with van der Waals surface area (Å²) in [6.07, 6.45) is 3.03. The number of carbonyl (C=O) groups is 7. The van der Waals surface area contributed by atoms with Gasteiger partial charge in [-0.15, -0.1) is 0 Å². The molecular formula is C41H52N8O9. The van der Waals surface area contributed by atoms with E-state index in [-0.39, 0.29) is 24.3 Å². The fraction of sp³-hybridized carbons (Fsp3) is 0.439. The summed E-state index contributed by atoms with van der Waals surface area (Å²) < 4.78 is 0. The average Bonchev–Trinajstić information content (AvgIpc) is 3.86. The smallest absolute Gasteiger partial charge is 0.246 e. The molecule has 5 atom stereocenters. The largest absolute Gasteiger partial charge is 0.508 e. The van der Waals surface area contributed by atoms with Crippen molar-refractivity contribution >= 4 is 52.3 Å². The van der Waals surface area contributed by atoms with Crippen molar-refractivity contribution in [3.8, 4) is 5.75 Å². The Labute approximate surface area is 335 Å². The number of carbonyl (C=O) groups excluding carboxylic acids is 7. The minimum Gasteiger partial charge on any atom is -0.508 e. The molecule has 17 heteroatoms. The fourth-order valence-electron chi connectivity index (χ4n) is 7.01. The quantitative estimate of drug-likeness (QED) is 0.147. The van der Waals surface area contributed by atoms with E-state index in [1.165, 1.54) is 23.1 Å². The zero-order valence-corrected chi connectivity index (χ0v) is 33.0. The molecule has 3 aromatic rings. The van der Waals surface area contributed by atoms with Gasteiger partial charge < -0.3 is 52.0 Å². The molecule has 0 bridgehead atoms. The van der Waals surface area contributed by atoms with Crippen molar-refractivity contribution in [3.63, 3.8) is 0 Å². The lowest BCUT2D eigenvalue weighted by Crippen LogP contribution is -2.56. The van der Waals surface area contributed by atoms with E-state index in [0.717, 1.165) is 16.5 Å². The van der Waals surface area contributed by atoms with E-state index in [0.29, 0.717) is 30.4 Å². The van der Waals surface area contributed by atoms with Gasteiger partial charge in [-0.25, -0.2) is 0 Å². The van der Waals surface area contributed by atoms with Gasteiger partial charge in [-0.3, -0.25) is 33.6 Å². The number of fused-ring (bicyclic) bond motifs is 2. The molecule has 3 heterocycles. The van der Waals surface area contributed by atoms with Gasteiger partial charge in [0.05, 0.1) is 19.6 Å². The molecule has 0 saturated carbocycles. The maximum absolute atomic E-state index is 13.8. The molecule has 17 nitrogen and oxygen atoms in total. The highest BCUT2D eigenvalue weighted by atomic mass is 16.3. The Kier molecular flexibility index (Phi) is 14.3. The third kappa shape index (κ3) is 10.8. The molecule has 2 saturated heterocycles. The average molecular weight is 801 g/mol. The van der Waals surface area contributed by atoms with Crippen LogP contribution in [0.4, 0.5) is 0 Å². The van der Waals surface area contributed by atoms with Crippen molar-refractivity contribution in [2.45, 2.75) is 83.6 Å². The first-order valence-corrected chi connectivity index (χ1v) is 19.3. The minimum absolute atomic E-state index is 0.0111. The molecule has 0 radical (unpaired) electrons. The van der Waals surface area contributed by atoms with Gasteiger partial charge in [-0.2, -0.15) is 0 Å². The molecule has 0 spiro atoms. The van der Waals surface area contributed by atoms with Gasteiger partial charge in [-0.05, 0) is 73.9 Å². The number of aromatic hydroxyl groups is 1. The molecule has 9 N–H and O–H groups in total. The number of para-hydroxylation sites is 1. The standard InChI is InChI=1S/C41H52N8O9/c1-22(2)11-12-24-16-25(13-14-31(24)50)37(54)36-41(58)44-20-32(51)47-35(23(3)4)40(57)45-21-34(53)49-15-7-10-30(49)39(56)46-29(38(55)43-19-33(52)48-36)17-26-18-42-28-9-6-5-8-27(26)28/h5-6,8-9,11,13-14,16,18,23,29-30,35-37,42,50,54H,7,10,12,15,17,19-21H2,1-4H3,(H,43,55)(H,44,58)(H,45,57)(H,46,56)(H,47,51)(H,48,52)/t29-,30-,35+,36-,37-/m1/s1. The number of nitrogens with one attached hydrogen (secondary N) is 7. The molecule has 0 aliphatic carbocycles. The molecule has 1 aromatic heterocycles. The van der Waals surface area contributed by atoms with Crippen LogP contribution < -0.4 is 31.9 Å². The topological polar surface area (TPSA) is 251 Å². The fourth-order valence-corrected chi connectivity index (χ4v) is 7.01. The third-order valence-corrected chi connectivity index (χ3v) is 10.2. The van der Waals surface area contributed by atoms with Crippen LogP contribution in [0, 0.1) is 5.92 Å². The normalized spacial score (nSPS) is 22.4. The van der Waals surface area contributed by atoms with E-state index >= 15 is 0 Å². The molecule has 2 aliphatic heterocycles. The third-order valence-electron chi connectivity index (χ3n) is 10.2. The number of allylic oxidation sites excluding steroid dienone is 2. The summed E-state index contributed by atoms with van der Waals surface area (Å²) in [7, 11) is 0. The van der Waals surface area contributed by atoms with Crippen LogP contribution in [0.15, 0.2) is 60.3 Å². The van der Waals surface area contributed by atoms with Crippen molar-refractivity contribution in [2.24, 2.45) is 5.92 Å². The van der Waals surface area contributed by atoms with Gasteiger partial charge >= 0.3 is 0 Å². The molecule has 2 aliphatic rings. The first kappa shape index (κ1) is 42.9. The molecular weight excluding hydrogens is 748 g/mol. The van der Waals surface area contributed by atoms with Crippen molar-refractivity contribution in [1.29, 1.82) is 0 Å². The van der Waals surface area contributed by atoms with Gasteiger partial charge in [0.2, 0.25) is 41.4 Å². The summed E-state index contributed by atoms with van der Waals surface area (Å²) in [6.45, 7) is 5.59. The van der Waals surface area contributed by atoms with E-state index in [9.17, 15) is 43.8 Å². The van der Waals surface area contributed by atoms with Crippen LogP contribution >= 0.6 is 0 Å². The number of H-pyrrole nitrogens is 1. The number of nitrogens with zero attached hydrogens (tertiary/aromatic N) is 1. The Hall–Kier alpha value is -6.23. The summed E-state index contributed by atoms with van der Waals surface area (Å²) >= 11 is 0. The Morgan fingerprint density at radius 2 is 1.47 bits per heavy atom.